The Labute approximate surface area is 277 Å². The Balaban J connectivity index is 0.00000632. The molecule has 0 saturated carbocycles. The van der Waals surface area contributed by atoms with Crippen LogP contribution in [-0.2, 0) is 44.6 Å². The van der Waals surface area contributed by atoms with Crippen LogP contribution in [0.2, 0.25) is 0 Å². The number of carboxylic acid groups (broad SMARTS) is 1. The Morgan fingerprint density at radius 2 is 1.56 bits per heavy atom. The molecule has 0 aliphatic rings. The third-order valence-electron chi connectivity index (χ3n) is 6.84. The zero-order valence-corrected chi connectivity index (χ0v) is 27.9. The molecule has 11 nitrogen and oxygen atoms in total. The number of rotatable bonds is 21. The van der Waals surface area contributed by atoms with E-state index in [1.165, 1.54) is 0 Å². The predicted molar refractivity (Wildman–Crippen MR) is 177 cm³/mol. The van der Waals surface area contributed by atoms with Gasteiger partial charge in [-0.1, -0.05) is 69.2 Å². The van der Waals surface area contributed by atoms with Crippen molar-refractivity contribution in [1.29, 1.82) is 0 Å². The van der Waals surface area contributed by atoms with Crippen LogP contribution < -0.4 is 20.7 Å². The number of carbonyl (C=O) groups excluding carboxylic acids is 2. The molecule has 2 aromatic rings. The van der Waals surface area contributed by atoms with Crippen molar-refractivity contribution in [2.45, 2.75) is 89.6 Å². The van der Waals surface area contributed by atoms with Gasteiger partial charge in [0.1, 0.15) is 11.8 Å². The van der Waals surface area contributed by atoms with Gasteiger partial charge in [-0.25, -0.2) is 0 Å². The van der Waals surface area contributed by atoms with Crippen molar-refractivity contribution in [2.24, 2.45) is 0 Å². The van der Waals surface area contributed by atoms with Crippen molar-refractivity contribution in [3.8, 4) is 5.75 Å². The maximum absolute atomic E-state index is 13.5. The van der Waals surface area contributed by atoms with Gasteiger partial charge in [-0.2, -0.15) is 4.21 Å². The van der Waals surface area contributed by atoms with Crippen LogP contribution in [0.1, 0.15) is 63.5 Å². The van der Waals surface area contributed by atoms with Crippen molar-refractivity contribution in [2.75, 3.05) is 20.3 Å². The molecule has 0 radical (unpaired) electrons. The van der Waals surface area contributed by atoms with Crippen LogP contribution in [0.5, 0.6) is 5.75 Å². The first-order chi connectivity index (χ1) is 21.2. The second-order valence-electron chi connectivity index (χ2n) is 10.4. The molecule has 0 saturated heterocycles. The van der Waals surface area contributed by atoms with E-state index in [0.717, 1.165) is 42.6 Å². The monoisotopic (exact) mass is 669 g/mol. The van der Waals surface area contributed by atoms with Crippen molar-refractivity contribution < 1.29 is 38.3 Å². The van der Waals surface area contributed by atoms with Crippen LogP contribution in [0.3, 0.4) is 0 Å². The number of benzene rings is 2. The second kappa shape index (κ2) is 25.1. The van der Waals surface area contributed by atoms with Crippen molar-refractivity contribution >= 4 is 42.7 Å². The van der Waals surface area contributed by atoms with Gasteiger partial charge < -0.3 is 35.6 Å². The SMILES string of the molecule is CCCC(CCC)OCC(NC(=O)CCC(=O)O)C(=O)N[C@@H](Cc1ccccc1)[C@H](O)CNCc1cccc(OC)c1.Cl.O=S. The molecule has 3 atom stereocenters. The van der Waals surface area contributed by atoms with Crippen LogP contribution in [0, 0.1) is 0 Å². The lowest BCUT2D eigenvalue weighted by molar-refractivity contribution is -0.139. The highest BCUT2D eigenvalue weighted by Gasteiger charge is 2.28. The first-order valence-electron chi connectivity index (χ1n) is 14.9. The van der Waals surface area contributed by atoms with Gasteiger partial charge in [-0.05, 0) is 42.5 Å². The smallest absolute Gasteiger partial charge is 0.303 e. The van der Waals surface area contributed by atoms with Crippen LogP contribution >= 0.6 is 12.4 Å². The molecule has 2 aromatic carbocycles. The molecule has 0 aromatic heterocycles. The number of ether oxygens (including phenoxy) is 2. The maximum Gasteiger partial charge on any atom is 0.303 e. The molecule has 1 unspecified atom stereocenters. The minimum atomic E-state index is -1.10. The fourth-order valence-corrected chi connectivity index (χ4v) is 4.58. The van der Waals surface area contributed by atoms with Gasteiger partial charge in [0.25, 0.3) is 0 Å². The Kier molecular flexibility index (Phi) is 23.3. The van der Waals surface area contributed by atoms with Gasteiger partial charge >= 0.3 is 5.97 Å². The minimum Gasteiger partial charge on any atom is -0.497 e. The quantitative estimate of drug-likeness (QED) is 0.133. The molecule has 0 spiro atoms. The largest absolute Gasteiger partial charge is 0.497 e. The number of nitrogens with one attached hydrogen (secondary N) is 3. The molecule has 252 valence electrons. The Morgan fingerprint density at radius 3 is 2.16 bits per heavy atom. The van der Waals surface area contributed by atoms with E-state index in [0.29, 0.717) is 13.0 Å². The number of aliphatic carboxylic acids is 1. The summed E-state index contributed by atoms with van der Waals surface area (Å²) in [6, 6.07) is 15.4. The minimum absolute atomic E-state index is 0. The summed E-state index contributed by atoms with van der Waals surface area (Å²) in [5.74, 6) is -1.41. The Morgan fingerprint density at radius 1 is 0.911 bits per heavy atom. The molecular formula is C32H48ClN3O8S. The third kappa shape index (κ3) is 17.8. The van der Waals surface area contributed by atoms with Gasteiger partial charge in [0.2, 0.25) is 11.8 Å². The van der Waals surface area contributed by atoms with Gasteiger partial charge in [0.05, 0.1) is 38.4 Å². The summed E-state index contributed by atoms with van der Waals surface area (Å²) in [7, 11) is 1.60. The number of carbonyl (C=O) groups is 3. The zero-order chi connectivity index (χ0) is 32.7. The number of halogens is 1. The summed E-state index contributed by atoms with van der Waals surface area (Å²) >= 11 is 2.83. The van der Waals surface area contributed by atoms with E-state index in [9.17, 15) is 19.5 Å². The van der Waals surface area contributed by atoms with Crippen LogP contribution in [0.15, 0.2) is 54.6 Å². The van der Waals surface area contributed by atoms with Crippen molar-refractivity contribution in [3.63, 3.8) is 0 Å². The molecular weight excluding hydrogens is 622 g/mol. The summed E-state index contributed by atoms with van der Waals surface area (Å²) in [5.41, 5.74) is 1.92. The second-order valence-corrected chi connectivity index (χ2v) is 10.4. The summed E-state index contributed by atoms with van der Waals surface area (Å²) in [6.45, 7) is 4.75. The summed E-state index contributed by atoms with van der Waals surface area (Å²) < 4.78 is 19.2. The Bertz CT molecular complexity index is 1110. The van der Waals surface area contributed by atoms with E-state index in [1.807, 2.05) is 54.6 Å². The fourth-order valence-electron chi connectivity index (χ4n) is 4.58. The molecule has 13 heteroatoms. The van der Waals surface area contributed by atoms with E-state index >= 15 is 0 Å². The molecule has 5 N–H and O–H groups in total. The van der Waals surface area contributed by atoms with Crippen molar-refractivity contribution in [1.82, 2.24) is 16.0 Å². The van der Waals surface area contributed by atoms with E-state index < -0.39 is 36.0 Å². The lowest BCUT2D eigenvalue weighted by atomic mass is 10.0. The van der Waals surface area contributed by atoms with Gasteiger partial charge in [-0.15, -0.1) is 12.4 Å². The van der Waals surface area contributed by atoms with Crippen LogP contribution in [0.25, 0.3) is 0 Å². The number of aliphatic hydroxyl groups is 1. The van der Waals surface area contributed by atoms with Crippen LogP contribution in [0.4, 0.5) is 0 Å². The molecule has 0 heterocycles. The lowest BCUT2D eigenvalue weighted by Crippen LogP contribution is -2.56. The number of carboxylic acids is 1. The fraction of sp³-hybridized carbons (Fsp3) is 0.531. The third-order valence-corrected chi connectivity index (χ3v) is 6.84. The molecule has 45 heavy (non-hydrogen) atoms. The van der Waals surface area contributed by atoms with Gasteiger partial charge in [0, 0.05) is 19.5 Å². The summed E-state index contributed by atoms with van der Waals surface area (Å²) in [5, 5.41) is 29.0. The number of amides is 2. The van der Waals surface area contributed by atoms with E-state index in [4.69, 9.17) is 18.8 Å². The number of aliphatic hydroxyl groups excluding tert-OH is 1. The molecule has 0 aliphatic carbocycles. The van der Waals surface area contributed by atoms with Crippen molar-refractivity contribution in [3.05, 3.63) is 65.7 Å². The maximum atomic E-state index is 13.5. The van der Waals surface area contributed by atoms with Gasteiger partial charge in [0.15, 0.2) is 12.5 Å². The Hall–Kier alpha value is -3.16. The first-order valence-corrected chi connectivity index (χ1v) is 15.2. The molecule has 0 bridgehead atoms. The highest BCUT2D eigenvalue weighted by Crippen LogP contribution is 2.13. The number of hydrogen-bond donors (Lipinski definition) is 5. The standard InChI is InChI=1S/C32H47N3O7.ClH.OS/c1-4-10-25(11-5-2)42-22-28(34-30(37)16-17-31(38)39)32(40)35-27(19-23-12-7-6-8-13-23)29(36)21-33-20-24-14-9-15-26(18-24)41-3;;1-2/h6-9,12-15,18,25,27-29,33,36H,4-5,10-11,16-17,19-22H2,1-3H3,(H,34,37)(H,35,40)(H,38,39);1H;/t27-,28?,29+;;/m0../s1. The lowest BCUT2D eigenvalue weighted by Gasteiger charge is -2.28. The zero-order valence-electron chi connectivity index (χ0n) is 26.2. The first kappa shape index (κ1) is 41.8. The number of methoxy groups -OCH3 is 1. The highest BCUT2D eigenvalue weighted by atomic mass is 35.5. The molecule has 0 aliphatic heterocycles. The van der Waals surface area contributed by atoms with Crippen LogP contribution in [-0.4, -0.2) is 76.8 Å². The summed E-state index contributed by atoms with van der Waals surface area (Å²) in [4.78, 5) is 37.0. The van der Waals surface area contributed by atoms with E-state index in [2.05, 4.69) is 42.3 Å². The van der Waals surface area contributed by atoms with E-state index in [-0.39, 0.29) is 44.5 Å². The topological polar surface area (TPSA) is 163 Å². The van der Waals surface area contributed by atoms with E-state index in [1.54, 1.807) is 7.11 Å². The highest BCUT2D eigenvalue weighted by molar-refractivity contribution is 7.44. The molecule has 0 fully saturated rings. The average molecular weight is 670 g/mol. The van der Waals surface area contributed by atoms with Gasteiger partial charge in [-0.3, -0.25) is 14.4 Å². The predicted octanol–water partition coefficient (Wildman–Crippen LogP) is 3.29. The number of hydrogen-bond acceptors (Lipinski definition) is 9. The molecule has 2 amide bonds. The average Bonchev–Trinajstić information content (AvgIpc) is 3.03. The normalized spacial score (nSPS) is 12.5. The summed E-state index contributed by atoms with van der Waals surface area (Å²) in [6.07, 6.45) is 2.24. The molecule has 2 rings (SSSR count).